The lowest BCUT2D eigenvalue weighted by molar-refractivity contribution is 0.0947. The molecule has 0 radical (unpaired) electrons. The van der Waals surface area contributed by atoms with E-state index < -0.39 is 0 Å². The number of carbonyl (C=O) groups is 2. The maximum absolute atomic E-state index is 12.5. The van der Waals surface area contributed by atoms with Gasteiger partial charge in [0.05, 0.1) is 25.5 Å². The predicted octanol–water partition coefficient (Wildman–Crippen LogP) is 4.23. The normalized spacial score (nSPS) is 10.3. The standard InChI is InChI=1S/C20H17BrN2O4/c1-26-18-9-6-14(21)11-17(18)20(25)23-15-7-4-13(5-8-15)19(24)22-12-16-3-2-10-27-16/h2-11H,12H2,1H3,(H,22,24)(H,23,25). The summed E-state index contributed by atoms with van der Waals surface area (Å²) in [7, 11) is 1.51. The minimum Gasteiger partial charge on any atom is -0.496 e. The van der Waals surface area contributed by atoms with E-state index in [9.17, 15) is 9.59 Å². The molecule has 0 unspecified atom stereocenters. The zero-order chi connectivity index (χ0) is 19.2. The van der Waals surface area contributed by atoms with Gasteiger partial charge in [-0.2, -0.15) is 0 Å². The zero-order valence-electron chi connectivity index (χ0n) is 14.5. The number of ether oxygens (including phenoxy) is 1. The van der Waals surface area contributed by atoms with Gasteiger partial charge >= 0.3 is 0 Å². The largest absolute Gasteiger partial charge is 0.496 e. The molecule has 0 aliphatic heterocycles. The number of furan rings is 1. The van der Waals surface area contributed by atoms with Gasteiger partial charge in [0, 0.05) is 15.7 Å². The summed E-state index contributed by atoms with van der Waals surface area (Å²) >= 11 is 3.35. The quantitative estimate of drug-likeness (QED) is 0.615. The molecule has 3 aromatic rings. The first-order valence-electron chi connectivity index (χ1n) is 8.12. The summed E-state index contributed by atoms with van der Waals surface area (Å²) < 4.78 is 11.2. The molecule has 138 valence electrons. The van der Waals surface area contributed by atoms with Crippen LogP contribution in [0.4, 0.5) is 5.69 Å². The number of anilines is 1. The lowest BCUT2D eigenvalue weighted by Gasteiger charge is -2.10. The van der Waals surface area contributed by atoms with Crippen LogP contribution in [0.25, 0.3) is 0 Å². The number of methoxy groups -OCH3 is 1. The Balaban J connectivity index is 1.64. The molecule has 3 rings (SSSR count). The molecule has 0 aliphatic rings. The first-order valence-corrected chi connectivity index (χ1v) is 8.91. The highest BCUT2D eigenvalue weighted by atomic mass is 79.9. The fourth-order valence-corrected chi connectivity index (χ4v) is 2.80. The third kappa shape index (κ3) is 4.77. The molecule has 27 heavy (non-hydrogen) atoms. The van der Waals surface area contributed by atoms with E-state index in [1.165, 1.54) is 7.11 Å². The van der Waals surface area contributed by atoms with Crippen LogP contribution in [0, 0.1) is 0 Å². The second-order valence-electron chi connectivity index (χ2n) is 5.64. The van der Waals surface area contributed by atoms with Crippen LogP contribution in [-0.2, 0) is 6.54 Å². The molecule has 2 N–H and O–H groups in total. The molecule has 0 aliphatic carbocycles. The molecule has 1 heterocycles. The second kappa shape index (κ2) is 8.55. The van der Waals surface area contributed by atoms with Crippen molar-refractivity contribution < 1.29 is 18.7 Å². The van der Waals surface area contributed by atoms with E-state index in [4.69, 9.17) is 9.15 Å². The summed E-state index contributed by atoms with van der Waals surface area (Å²) in [6.07, 6.45) is 1.55. The van der Waals surface area contributed by atoms with Crippen molar-refractivity contribution in [2.45, 2.75) is 6.54 Å². The van der Waals surface area contributed by atoms with E-state index in [1.54, 1.807) is 60.9 Å². The second-order valence-corrected chi connectivity index (χ2v) is 6.55. The van der Waals surface area contributed by atoms with Crippen LogP contribution >= 0.6 is 15.9 Å². The van der Waals surface area contributed by atoms with Gasteiger partial charge in [-0.15, -0.1) is 0 Å². The molecular weight excluding hydrogens is 412 g/mol. The van der Waals surface area contributed by atoms with Crippen LogP contribution in [0.15, 0.2) is 69.8 Å². The van der Waals surface area contributed by atoms with E-state index in [0.717, 1.165) is 4.47 Å². The Labute approximate surface area is 164 Å². The topological polar surface area (TPSA) is 80.6 Å². The van der Waals surface area contributed by atoms with Gasteiger partial charge in [0.15, 0.2) is 0 Å². The Hall–Kier alpha value is -3.06. The first-order chi connectivity index (χ1) is 13.1. The van der Waals surface area contributed by atoms with Crippen molar-refractivity contribution in [3.05, 3.63) is 82.2 Å². The molecule has 1 aromatic heterocycles. The summed E-state index contributed by atoms with van der Waals surface area (Å²) in [5.74, 6) is 0.626. The van der Waals surface area contributed by atoms with Crippen LogP contribution in [0.2, 0.25) is 0 Å². The molecule has 6 nitrogen and oxygen atoms in total. The van der Waals surface area contributed by atoms with Crippen molar-refractivity contribution in [1.82, 2.24) is 5.32 Å². The maximum Gasteiger partial charge on any atom is 0.259 e. The van der Waals surface area contributed by atoms with Gasteiger partial charge in [-0.3, -0.25) is 9.59 Å². The van der Waals surface area contributed by atoms with E-state index >= 15 is 0 Å². The average molecular weight is 429 g/mol. The number of hydrogen-bond acceptors (Lipinski definition) is 4. The van der Waals surface area contributed by atoms with Crippen LogP contribution in [0.1, 0.15) is 26.5 Å². The van der Waals surface area contributed by atoms with Crippen LogP contribution in [-0.4, -0.2) is 18.9 Å². The summed E-state index contributed by atoms with van der Waals surface area (Å²) in [6.45, 7) is 0.313. The van der Waals surface area contributed by atoms with Crippen molar-refractivity contribution in [2.75, 3.05) is 12.4 Å². The van der Waals surface area contributed by atoms with Gasteiger partial charge in [0.25, 0.3) is 11.8 Å². The summed E-state index contributed by atoms with van der Waals surface area (Å²) in [6, 6.07) is 15.4. The fraction of sp³-hybridized carbons (Fsp3) is 0.100. The molecule has 0 bridgehead atoms. The maximum atomic E-state index is 12.5. The highest BCUT2D eigenvalue weighted by molar-refractivity contribution is 9.10. The first kappa shape index (κ1) is 18.7. The lowest BCUT2D eigenvalue weighted by Crippen LogP contribution is -2.22. The van der Waals surface area contributed by atoms with Crippen molar-refractivity contribution >= 4 is 33.4 Å². The van der Waals surface area contributed by atoms with Crippen molar-refractivity contribution in [3.8, 4) is 5.75 Å². The summed E-state index contributed by atoms with van der Waals surface area (Å²) in [5.41, 5.74) is 1.47. The highest BCUT2D eigenvalue weighted by Gasteiger charge is 2.13. The molecule has 7 heteroatoms. The van der Waals surface area contributed by atoms with Gasteiger partial charge in [-0.1, -0.05) is 15.9 Å². The minimum atomic E-state index is -0.303. The van der Waals surface area contributed by atoms with Crippen LogP contribution in [0.5, 0.6) is 5.75 Å². The number of amides is 2. The third-order valence-corrected chi connectivity index (χ3v) is 4.31. The molecule has 0 fully saturated rings. The monoisotopic (exact) mass is 428 g/mol. The Morgan fingerprint density at radius 3 is 2.52 bits per heavy atom. The minimum absolute atomic E-state index is 0.224. The van der Waals surface area contributed by atoms with Gasteiger partial charge in [-0.05, 0) is 54.6 Å². The molecule has 2 aromatic carbocycles. The van der Waals surface area contributed by atoms with Crippen molar-refractivity contribution in [2.24, 2.45) is 0 Å². The lowest BCUT2D eigenvalue weighted by atomic mass is 10.1. The highest BCUT2D eigenvalue weighted by Crippen LogP contribution is 2.24. The molecule has 2 amide bonds. The molecule has 0 spiro atoms. The zero-order valence-corrected chi connectivity index (χ0v) is 16.1. The molecular formula is C20H17BrN2O4. The van der Waals surface area contributed by atoms with Crippen LogP contribution in [0.3, 0.4) is 0 Å². The van der Waals surface area contributed by atoms with E-state index in [-0.39, 0.29) is 11.8 Å². The Morgan fingerprint density at radius 1 is 1.07 bits per heavy atom. The Morgan fingerprint density at radius 2 is 1.85 bits per heavy atom. The van der Waals surface area contributed by atoms with Crippen molar-refractivity contribution in [1.29, 1.82) is 0 Å². The molecule has 0 saturated carbocycles. The number of carbonyl (C=O) groups excluding carboxylic acids is 2. The number of hydrogen-bond donors (Lipinski definition) is 2. The van der Waals surface area contributed by atoms with E-state index in [1.807, 2.05) is 0 Å². The van der Waals surface area contributed by atoms with E-state index in [0.29, 0.717) is 34.9 Å². The third-order valence-electron chi connectivity index (χ3n) is 3.81. The van der Waals surface area contributed by atoms with Gasteiger partial charge in [0.1, 0.15) is 11.5 Å². The Bertz CT molecular complexity index is 937. The summed E-state index contributed by atoms with van der Waals surface area (Å²) in [5, 5.41) is 5.56. The van der Waals surface area contributed by atoms with Crippen LogP contribution < -0.4 is 15.4 Å². The van der Waals surface area contributed by atoms with Crippen molar-refractivity contribution in [3.63, 3.8) is 0 Å². The Kier molecular flexibility index (Phi) is 5.93. The number of benzene rings is 2. The fourth-order valence-electron chi connectivity index (χ4n) is 2.44. The van der Waals surface area contributed by atoms with E-state index in [2.05, 4.69) is 26.6 Å². The number of rotatable bonds is 6. The molecule has 0 saturated heterocycles. The average Bonchev–Trinajstić information content (AvgIpc) is 3.20. The smallest absolute Gasteiger partial charge is 0.259 e. The summed E-state index contributed by atoms with van der Waals surface area (Å²) in [4.78, 5) is 24.7. The number of nitrogens with one attached hydrogen (secondary N) is 2. The number of halogens is 1. The van der Waals surface area contributed by atoms with Gasteiger partial charge in [-0.25, -0.2) is 0 Å². The SMILES string of the molecule is COc1ccc(Br)cc1C(=O)Nc1ccc(C(=O)NCc2ccco2)cc1. The van der Waals surface area contributed by atoms with Gasteiger partial charge in [0.2, 0.25) is 0 Å². The predicted molar refractivity (Wildman–Crippen MR) is 105 cm³/mol. The van der Waals surface area contributed by atoms with Gasteiger partial charge < -0.3 is 19.8 Å². The molecule has 0 atom stereocenters.